The van der Waals surface area contributed by atoms with Crippen molar-refractivity contribution in [3.05, 3.63) is 57.3 Å². The van der Waals surface area contributed by atoms with Crippen LogP contribution >= 0.6 is 11.3 Å². The van der Waals surface area contributed by atoms with Crippen LogP contribution in [0.3, 0.4) is 0 Å². The average molecular weight is 385 g/mol. The van der Waals surface area contributed by atoms with Gasteiger partial charge in [0.25, 0.3) is 0 Å². The molecule has 1 aromatic heterocycles. The summed E-state index contributed by atoms with van der Waals surface area (Å²) in [5.74, 6) is -0.407. The van der Waals surface area contributed by atoms with E-state index in [1.807, 2.05) is 23.5 Å². The highest BCUT2D eigenvalue weighted by Gasteiger charge is 2.22. The molecule has 0 aliphatic carbocycles. The Labute approximate surface area is 165 Å². The summed E-state index contributed by atoms with van der Waals surface area (Å²) in [6.07, 6.45) is 5.01. The van der Waals surface area contributed by atoms with Crippen LogP contribution < -0.4 is 0 Å². The Hall–Kier alpha value is -1.69. The fourth-order valence-corrected chi connectivity index (χ4v) is 5.47. The monoisotopic (exact) mass is 384 g/mol. The number of thiophene rings is 1. The number of likely N-dealkylation sites (tertiary alicyclic amines) is 2. The second-order valence-electron chi connectivity index (χ2n) is 7.86. The molecule has 2 aromatic rings. The second-order valence-corrected chi connectivity index (χ2v) is 9.11. The summed E-state index contributed by atoms with van der Waals surface area (Å²) >= 11 is 1.96. The normalized spacial score (nSPS) is 21.6. The molecule has 1 atom stereocenters. The van der Waals surface area contributed by atoms with Crippen LogP contribution in [-0.4, -0.2) is 47.1 Å². The predicted octanol–water partition coefficient (Wildman–Crippen LogP) is 4.42. The molecule has 0 saturated carbocycles. The smallest absolute Gasteiger partial charge is 0.335 e. The highest BCUT2D eigenvalue weighted by atomic mass is 32.1. The zero-order chi connectivity index (χ0) is 18.6. The van der Waals surface area contributed by atoms with E-state index in [4.69, 9.17) is 0 Å². The molecule has 1 N–H and O–H groups in total. The van der Waals surface area contributed by atoms with E-state index >= 15 is 0 Å². The third-order valence-corrected chi connectivity index (χ3v) is 6.84. The van der Waals surface area contributed by atoms with E-state index in [2.05, 4.69) is 28.0 Å². The number of hydrogen-bond donors (Lipinski definition) is 1. The lowest BCUT2D eigenvalue weighted by Crippen LogP contribution is -2.33. The second kappa shape index (κ2) is 8.55. The van der Waals surface area contributed by atoms with Gasteiger partial charge in [0.1, 0.15) is 0 Å². The van der Waals surface area contributed by atoms with Crippen LogP contribution in [0.25, 0.3) is 0 Å². The molecule has 0 bridgehead atoms. The first-order chi connectivity index (χ1) is 13.2. The van der Waals surface area contributed by atoms with Crippen LogP contribution in [-0.2, 0) is 13.1 Å². The fourth-order valence-electron chi connectivity index (χ4n) is 4.37. The van der Waals surface area contributed by atoms with Gasteiger partial charge in [-0.3, -0.25) is 9.80 Å². The first kappa shape index (κ1) is 18.7. The molecular weight excluding hydrogens is 356 g/mol. The summed E-state index contributed by atoms with van der Waals surface area (Å²) in [6, 6.07) is 12.1. The zero-order valence-corrected chi connectivity index (χ0v) is 16.6. The molecule has 0 spiro atoms. The van der Waals surface area contributed by atoms with Gasteiger partial charge in [0.2, 0.25) is 0 Å². The molecule has 144 valence electrons. The quantitative estimate of drug-likeness (QED) is 0.801. The van der Waals surface area contributed by atoms with Crippen molar-refractivity contribution in [2.24, 2.45) is 0 Å². The summed E-state index contributed by atoms with van der Waals surface area (Å²) in [6.45, 7) is 6.76. The van der Waals surface area contributed by atoms with Gasteiger partial charge in [0.15, 0.2) is 0 Å². The molecule has 5 heteroatoms. The number of nitrogens with zero attached hydrogens (tertiary/aromatic N) is 2. The number of benzene rings is 1. The third kappa shape index (κ3) is 4.78. The maximum absolute atomic E-state index is 11.3. The number of rotatable bonds is 6. The van der Waals surface area contributed by atoms with Gasteiger partial charge >= 0.3 is 5.97 Å². The van der Waals surface area contributed by atoms with Gasteiger partial charge in [-0.2, -0.15) is 0 Å². The summed E-state index contributed by atoms with van der Waals surface area (Å²) in [5.41, 5.74) is 1.56. The molecule has 0 amide bonds. The average Bonchev–Trinajstić information content (AvgIpc) is 3.35. The minimum absolute atomic E-state index is 0.398. The molecule has 4 rings (SSSR count). The predicted molar refractivity (Wildman–Crippen MR) is 109 cm³/mol. The van der Waals surface area contributed by atoms with Crippen molar-refractivity contribution in [1.82, 2.24) is 9.80 Å². The summed E-state index contributed by atoms with van der Waals surface area (Å²) in [4.78, 5) is 19.3. The van der Waals surface area contributed by atoms with Crippen molar-refractivity contribution in [1.29, 1.82) is 0 Å². The standard InChI is InChI=1S/C22H28N2O2S/c25-22(26)18-6-3-5-17(13-18)19-7-4-12-24(14-19)16-21-9-8-20(27-21)15-23-10-1-2-11-23/h3,5-6,8-9,13,19H,1-2,4,7,10-12,14-16H2,(H,25,26). The van der Waals surface area contributed by atoms with E-state index in [1.165, 1.54) is 47.7 Å². The van der Waals surface area contributed by atoms with E-state index in [-0.39, 0.29) is 0 Å². The van der Waals surface area contributed by atoms with Gasteiger partial charge in [0, 0.05) is 29.4 Å². The van der Waals surface area contributed by atoms with Crippen LogP contribution in [0, 0.1) is 0 Å². The molecule has 2 aliphatic heterocycles. The number of piperidine rings is 1. The van der Waals surface area contributed by atoms with Crippen molar-refractivity contribution in [3.63, 3.8) is 0 Å². The Morgan fingerprint density at radius 3 is 2.44 bits per heavy atom. The topological polar surface area (TPSA) is 43.8 Å². The molecule has 4 nitrogen and oxygen atoms in total. The lowest BCUT2D eigenvalue weighted by molar-refractivity contribution is 0.0696. The van der Waals surface area contributed by atoms with E-state index in [0.717, 1.165) is 32.6 Å². The molecule has 2 aliphatic rings. The maximum atomic E-state index is 11.3. The van der Waals surface area contributed by atoms with Crippen LogP contribution in [0.5, 0.6) is 0 Å². The summed E-state index contributed by atoms with van der Waals surface area (Å²) in [5, 5.41) is 9.25. The molecule has 0 radical (unpaired) electrons. The summed E-state index contributed by atoms with van der Waals surface area (Å²) in [7, 11) is 0. The first-order valence-corrected chi connectivity index (χ1v) is 10.8. The number of carboxylic acids is 1. The summed E-state index contributed by atoms with van der Waals surface area (Å²) < 4.78 is 0. The van der Waals surface area contributed by atoms with Crippen LogP contribution in [0.2, 0.25) is 0 Å². The maximum Gasteiger partial charge on any atom is 0.335 e. The van der Waals surface area contributed by atoms with Crippen molar-refractivity contribution >= 4 is 17.3 Å². The van der Waals surface area contributed by atoms with Crippen molar-refractivity contribution in [2.45, 2.75) is 44.7 Å². The van der Waals surface area contributed by atoms with Gasteiger partial charge in [-0.25, -0.2) is 4.79 Å². The molecular formula is C22H28N2O2S. The Kier molecular flexibility index (Phi) is 5.91. The van der Waals surface area contributed by atoms with Crippen molar-refractivity contribution in [3.8, 4) is 0 Å². The molecule has 3 heterocycles. The number of aromatic carboxylic acids is 1. The van der Waals surface area contributed by atoms with E-state index < -0.39 is 5.97 Å². The third-order valence-electron chi connectivity index (χ3n) is 5.79. The first-order valence-electron chi connectivity index (χ1n) is 10.0. The number of carbonyl (C=O) groups is 1. The van der Waals surface area contributed by atoms with E-state index in [0.29, 0.717) is 11.5 Å². The van der Waals surface area contributed by atoms with Crippen LogP contribution in [0.1, 0.15) is 57.3 Å². The molecule has 27 heavy (non-hydrogen) atoms. The number of hydrogen-bond acceptors (Lipinski definition) is 4. The molecule has 1 unspecified atom stereocenters. The highest BCUT2D eigenvalue weighted by molar-refractivity contribution is 7.11. The van der Waals surface area contributed by atoms with E-state index in [9.17, 15) is 9.90 Å². The minimum atomic E-state index is -0.839. The SMILES string of the molecule is O=C(O)c1cccc(C2CCCN(Cc3ccc(CN4CCCC4)s3)C2)c1. The van der Waals surface area contributed by atoms with Gasteiger partial charge in [-0.15, -0.1) is 11.3 Å². The van der Waals surface area contributed by atoms with Crippen LogP contribution in [0.15, 0.2) is 36.4 Å². The lowest BCUT2D eigenvalue weighted by atomic mass is 9.89. The molecule has 1 aromatic carbocycles. The Morgan fingerprint density at radius 2 is 1.70 bits per heavy atom. The van der Waals surface area contributed by atoms with Crippen molar-refractivity contribution in [2.75, 3.05) is 26.2 Å². The number of carboxylic acid groups (broad SMARTS) is 1. The Balaban J connectivity index is 1.36. The van der Waals surface area contributed by atoms with Crippen LogP contribution in [0.4, 0.5) is 0 Å². The fraction of sp³-hybridized carbons (Fsp3) is 0.500. The zero-order valence-electron chi connectivity index (χ0n) is 15.8. The van der Waals surface area contributed by atoms with Gasteiger partial charge < -0.3 is 5.11 Å². The lowest BCUT2D eigenvalue weighted by Gasteiger charge is -2.32. The Morgan fingerprint density at radius 1 is 1.00 bits per heavy atom. The molecule has 2 saturated heterocycles. The van der Waals surface area contributed by atoms with Crippen molar-refractivity contribution < 1.29 is 9.90 Å². The van der Waals surface area contributed by atoms with Gasteiger partial charge in [-0.05, 0) is 81.1 Å². The Bertz CT molecular complexity index is 782. The van der Waals surface area contributed by atoms with Gasteiger partial charge in [-0.1, -0.05) is 12.1 Å². The van der Waals surface area contributed by atoms with E-state index in [1.54, 1.807) is 6.07 Å². The molecule has 2 fully saturated rings. The minimum Gasteiger partial charge on any atom is -0.478 e. The highest BCUT2D eigenvalue weighted by Crippen LogP contribution is 2.29. The van der Waals surface area contributed by atoms with Gasteiger partial charge in [0.05, 0.1) is 5.56 Å². The largest absolute Gasteiger partial charge is 0.478 e.